The summed E-state index contributed by atoms with van der Waals surface area (Å²) in [6.07, 6.45) is -5.26. The lowest BCUT2D eigenvalue weighted by molar-refractivity contribution is -0.131. The fraction of sp³-hybridized carbons (Fsp3) is 0.538. The zero-order valence-corrected chi connectivity index (χ0v) is 11.5. The van der Waals surface area contributed by atoms with Gasteiger partial charge in [0.2, 0.25) is 0 Å². The van der Waals surface area contributed by atoms with Crippen LogP contribution in [-0.4, -0.2) is 28.8 Å². The second-order valence-corrected chi connectivity index (χ2v) is 5.47. The molecule has 1 aromatic heterocycles. The van der Waals surface area contributed by atoms with Crippen LogP contribution in [0.2, 0.25) is 0 Å². The van der Waals surface area contributed by atoms with Gasteiger partial charge in [0.25, 0.3) is 0 Å². The van der Waals surface area contributed by atoms with Crippen molar-refractivity contribution in [1.29, 1.82) is 0 Å². The first-order valence-corrected chi connectivity index (χ1v) is 6.05. The van der Waals surface area contributed by atoms with E-state index in [0.29, 0.717) is 5.69 Å². The van der Waals surface area contributed by atoms with Crippen LogP contribution in [0.4, 0.5) is 19.0 Å². The first-order valence-electron chi connectivity index (χ1n) is 6.05. The molecule has 0 unspecified atom stereocenters. The van der Waals surface area contributed by atoms with E-state index in [2.05, 4.69) is 10.3 Å². The summed E-state index contributed by atoms with van der Waals surface area (Å²) >= 11 is 0. The third kappa shape index (κ3) is 5.07. The number of aromatic nitrogens is 1. The quantitative estimate of drug-likeness (QED) is 0.891. The zero-order valence-electron chi connectivity index (χ0n) is 11.5. The van der Waals surface area contributed by atoms with Gasteiger partial charge in [-0.1, -0.05) is 20.8 Å². The standard InChI is InChI=1S/C13H17F3N2O2/c1-12(2,3)9-6-8(11(19)20)7-10(18-9)17-5-4-13(14,15)16/h6-7H,4-5H2,1-3H3,(H,17,18)(H,19,20). The molecule has 4 nitrogen and oxygen atoms in total. The average Bonchev–Trinajstić information content (AvgIpc) is 2.25. The average molecular weight is 290 g/mol. The van der Waals surface area contributed by atoms with Crippen LogP contribution in [0, 0.1) is 0 Å². The number of pyridine rings is 1. The maximum Gasteiger partial charge on any atom is 0.390 e. The molecular weight excluding hydrogens is 273 g/mol. The Morgan fingerprint density at radius 1 is 1.30 bits per heavy atom. The number of carboxylic acids is 1. The molecule has 0 aliphatic rings. The van der Waals surface area contributed by atoms with Crippen LogP contribution < -0.4 is 5.32 Å². The van der Waals surface area contributed by atoms with Gasteiger partial charge >= 0.3 is 12.1 Å². The van der Waals surface area contributed by atoms with Crippen molar-refractivity contribution >= 4 is 11.8 Å². The highest BCUT2D eigenvalue weighted by Crippen LogP contribution is 2.24. The molecule has 0 fully saturated rings. The highest BCUT2D eigenvalue weighted by Gasteiger charge is 2.26. The third-order valence-electron chi connectivity index (χ3n) is 2.56. The minimum Gasteiger partial charge on any atom is -0.478 e. The van der Waals surface area contributed by atoms with Crippen LogP contribution in [-0.2, 0) is 5.41 Å². The maximum atomic E-state index is 12.1. The molecule has 2 N–H and O–H groups in total. The molecule has 0 aliphatic carbocycles. The fourth-order valence-electron chi connectivity index (χ4n) is 1.46. The molecule has 0 spiro atoms. The lowest BCUT2D eigenvalue weighted by atomic mass is 9.91. The van der Waals surface area contributed by atoms with Crippen molar-refractivity contribution in [3.63, 3.8) is 0 Å². The van der Waals surface area contributed by atoms with E-state index in [0.717, 1.165) is 0 Å². The highest BCUT2D eigenvalue weighted by atomic mass is 19.4. The number of carbonyl (C=O) groups is 1. The predicted octanol–water partition coefficient (Wildman–Crippen LogP) is 3.44. The Kier molecular flexibility index (Phi) is 4.62. The Morgan fingerprint density at radius 3 is 2.35 bits per heavy atom. The van der Waals surface area contributed by atoms with Crippen LogP contribution in [0.5, 0.6) is 0 Å². The van der Waals surface area contributed by atoms with Crippen LogP contribution in [0.15, 0.2) is 12.1 Å². The second-order valence-electron chi connectivity index (χ2n) is 5.47. The molecule has 0 radical (unpaired) electrons. The summed E-state index contributed by atoms with van der Waals surface area (Å²) < 4.78 is 36.2. The number of carboxylic acid groups (broad SMARTS) is 1. The summed E-state index contributed by atoms with van der Waals surface area (Å²) in [5.41, 5.74) is 0.109. The number of anilines is 1. The SMILES string of the molecule is CC(C)(C)c1cc(C(=O)O)cc(NCCC(F)(F)F)n1. The van der Waals surface area contributed by atoms with Crippen LogP contribution in [0.25, 0.3) is 0 Å². The number of nitrogens with zero attached hydrogens (tertiary/aromatic N) is 1. The maximum absolute atomic E-state index is 12.1. The first-order chi connectivity index (χ1) is 8.99. The van der Waals surface area contributed by atoms with E-state index in [4.69, 9.17) is 5.11 Å². The van der Waals surface area contributed by atoms with E-state index in [9.17, 15) is 18.0 Å². The van der Waals surface area contributed by atoms with Crippen molar-refractivity contribution in [2.24, 2.45) is 0 Å². The summed E-state index contributed by atoms with van der Waals surface area (Å²) in [6, 6.07) is 2.66. The minimum atomic E-state index is -4.26. The molecule has 0 atom stereocenters. The number of hydrogen-bond acceptors (Lipinski definition) is 3. The monoisotopic (exact) mass is 290 g/mol. The molecular formula is C13H17F3N2O2. The van der Waals surface area contributed by atoms with Crippen molar-refractivity contribution in [2.75, 3.05) is 11.9 Å². The summed E-state index contributed by atoms with van der Waals surface area (Å²) in [5.74, 6) is -1.00. The Labute approximate surface area is 115 Å². The molecule has 0 aromatic carbocycles. The Balaban J connectivity index is 2.95. The fourth-order valence-corrected chi connectivity index (χ4v) is 1.46. The number of hydrogen-bond donors (Lipinski definition) is 2. The van der Waals surface area contributed by atoms with E-state index < -0.39 is 24.0 Å². The topological polar surface area (TPSA) is 62.2 Å². The highest BCUT2D eigenvalue weighted by molar-refractivity contribution is 5.88. The smallest absolute Gasteiger partial charge is 0.390 e. The summed E-state index contributed by atoms with van der Waals surface area (Å²) in [4.78, 5) is 15.2. The van der Waals surface area contributed by atoms with Crippen molar-refractivity contribution in [3.05, 3.63) is 23.4 Å². The van der Waals surface area contributed by atoms with Gasteiger partial charge in [-0.2, -0.15) is 13.2 Å². The summed E-state index contributed by atoms with van der Waals surface area (Å²) in [5, 5.41) is 11.5. The van der Waals surface area contributed by atoms with Gasteiger partial charge in [-0.3, -0.25) is 0 Å². The molecule has 7 heteroatoms. The predicted molar refractivity (Wildman–Crippen MR) is 69.1 cm³/mol. The molecule has 1 heterocycles. The molecule has 0 bridgehead atoms. The first kappa shape index (κ1) is 16.3. The van der Waals surface area contributed by atoms with E-state index in [-0.39, 0.29) is 17.9 Å². The van der Waals surface area contributed by atoms with E-state index in [1.54, 1.807) is 0 Å². The third-order valence-corrected chi connectivity index (χ3v) is 2.56. The minimum absolute atomic E-state index is 0.000524. The molecule has 1 aromatic rings. The van der Waals surface area contributed by atoms with Gasteiger partial charge in [-0.05, 0) is 12.1 Å². The number of alkyl halides is 3. The van der Waals surface area contributed by atoms with Gasteiger partial charge in [0.15, 0.2) is 0 Å². The van der Waals surface area contributed by atoms with Crippen molar-refractivity contribution in [2.45, 2.75) is 38.8 Å². The molecule has 0 aliphatic heterocycles. The lowest BCUT2D eigenvalue weighted by Gasteiger charge is -2.19. The summed E-state index contributed by atoms with van der Waals surface area (Å²) in [7, 11) is 0. The van der Waals surface area contributed by atoms with E-state index in [1.807, 2.05) is 20.8 Å². The second kappa shape index (κ2) is 5.68. The number of halogens is 3. The Morgan fingerprint density at radius 2 is 1.90 bits per heavy atom. The van der Waals surface area contributed by atoms with Crippen LogP contribution in [0.3, 0.4) is 0 Å². The molecule has 112 valence electrons. The van der Waals surface area contributed by atoms with Gasteiger partial charge < -0.3 is 10.4 Å². The van der Waals surface area contributed by atoms with E-state index >= 15 is 0 Å². The van der Waals surface area contributed by atoms with Gasteiger partial charge in [-0.15, -0.1) is 0 Å². The van der Waals surface area contributed by atoms with Crippen LogP contribution in [0.1, 0.15) is 43.2 Å². The van der Waals surface area contributed by atoms with Gasteiger partial charge in [0.05, 0.1) is 12.0 Å². The largest absolute Gasteiger partial charge is 0.478 e. The number of rotatable bonds is 4. The molecule has 20 heavy (non-hydrogen) atoms. The molecule has 0 saturated carbocycles. The van der Waals surface area contributed by atoms with Gasteiger partial charge in [-0.25, -0.2) is 9.78 Å². The molecule has 1 rings (SSSR count). The summed E-state index contributed by atoms with van der Waals surface area (Å²) in [6.45, 7) is 5.20. The number of nitrogens with one attached hydrogen (secondary N) is 1. The zero-order chi connectivity index (χ0) is 15.6. The van der Waals surface area contributed by atoms with Gasteiger partial charge in [0, 0.05) is 17.7 Å². The van der Waals surface area contributed by atoms with Crippen LogP contribution >= 0.6 is 0 Å². The van der Waals surface area contributed by atoms with E-state index in [1.165, 1.54) is 12.1 Å². The van der Waals surface area contributed by atoms with Crippen molar-refractivity contribution in [1.82, 2.24) is 4.98 Å². The van der Waals surface area contributed by atoms with Gasteiger partial charge in [0.1, 0.15) is 5.82 Å². The van der Waals surface area contributed by atoms with Crippen molar-refractivity contribution < 1.29 is 23.1 Å². The molecule has 0 saturated heterocycles. The lowest BCUT2D eigenvalue weighted by Crippen LogP contribution is -2.18. The molecule has 0 amide bonds. The normalized spacial score (nSPS) is 12.3. The Bertz CT molecular complexity index is 493. The van der Waals surface area contributed by atoms with Crippen molar-refractivity contribution in [3.8, 4) is 0 Å². The number of aromatic carboxylic acids is 1. The Hall–Kier alpha value is -1.79.